The fourth-order valence-corrected chi connectivity index (χ4v) is 2.69. The average molecular weight is 352 g/mol. The van der Waals surface area contributed by atoms with E-state index in [0.29, 0.717) is 4.47 Å². The number of benzene rings is 2. The molecule has 1 atom stereocenters. The van der Waals surface area contributed by atoms with E-state index in [2.05, 4.69) is 28.2 Å². The van der Waals surface area contributed by atoms with Gasteiger partial charge < -0.3 is 10.1 Å². The van der Waals surface area contributed by atoms with E-state index in [0.717, 1.165) is 29.8 Å². The third kappa shape index (κ3) is 3.83. The van der Waals surface area contributed by atoms with Crippen molar-refractivity contribution in [2.24, 2.45) is 0 Å². The lowest BCUT2D eigenvalue weighted by Gasteiger charge is -2.22. The maximum Gasteiger partial charge on any atom is 0.137 e. The zero-order chi connectivity index (χ0) is 15.2. The standard InChI is InChI=1S/C17H19BrFNO/c1-3-10-20-17(12-8-9-15(19)14(18)11-12)13-6-4-5-7-16(13)21-2/h4-9,11,17,20H,3,10H2,1-2H3. The molecular formula is C17H19BrFNO. The fraction of sp³-hybridized carbons (Fsp3) is 0.294. The van der Waals surface area contributed by atoms with Gasteiger partial charge >= 0.3 is 0 Å². The third-order valence-electron chi connectivity index (χ3n) is 3.33. The molecule has 4 heteroatoms. The SMILES string of the molecule is CCCNC(c1ccc(F)c(Br)c1)c1ccccc1OC. The van der Waals surface area contributed by atoms with Crippen LogP contribution in [0.5, 0.6) is 5.75 Å². The fourth-order valence-electron chi connectivity index (χ4n) is 2.29. The van der Waals surface area contributed by atoms with E-state index in [1.54, 1.807) is 13.2 Å². The van der Waals surface area contributed by atoms with Crippen molar-refractivity contribution in [3.8, 4) is 5.75 Å². The molecule has 0 amide bonds. The number of methoxy groups -OCH3 is 1. The molecule has 1 N–H and O–H groups in total. The molecule has 0 saturated heterocycles. The zero-order valence-corrected chi connectivity index (χ0v) is 13.8. The van der Waals surface area contributed by atoms with Crippen LogP contribution < -0.4 is 10.1 Å². The van der Waals surface area contributed by atoms with Gasteiger partial charge in [-0.3, -0.25) is 0 Å². The van der Waals surface area contributed by atoms with E-state index in [4.69, 9.17) is 4.74 Å². The van der Waals surface area contributed by atoms with Gasteiger partial charge in [0.1, 0.15) is 11.6 Å². The summed E-state index contributed by atoms with van der Waals surface area (Å²) in [6, 6.07) is 13.0. The van der Waals surface area contributed by atoms with Crippen molar-refractivity contribution >= 4 is 15.9 Å². The molecule has 0 bridgehead atoms. The van der Waals surface area contributed by atoms with Gasteiger partial charge in [-0.15, -0.1) is 0 Å². The highest BCUT2D eigenvalue weighted by Gasteiger charge is 2.18. The molecule has 0 spiro atoms. The molecule has 2 nitrogen and oxygen atoms in total. The van der Waals surface area contributed by atoms with E-state index in [1.807, 2.05) is 30.3 Å². The Morgan fingerprint density at radius 1 is 1.24 bits per heavy atom. The lowest BCUT2D eigenvalue weighted by molar-refractivity contribution is 0.404. The molecule has 0 aliphatic heterocycles. The Kier molecular flexibility index (Phi) is 5.76. The summed E-state index contributed by atoms with van der Waals surface area (Å²) in [7, 11) is 1.66. The van der Waals surface area contributed by atoms with Crippen molar-refractivity contribution in [1.82, 2.24) is 5.32 Å². The second-order valence-corrected chi connectivity index (χ2v) is 5.66. The van der Waals surface area contributed by atoms with Crippen molar-refractivity contribution < 1.29 is 9.13 Å². The largest absolute Gasteiger partial charge is 0.496 e. The number of ether oxygens (including phenoxy) is 1. The van der Waals surface area contributed by atoms with Gasteiger partial charge in [0.05, 0.1) is 17.6 Å². The highest BCUT2D eigenvalue weighted by atomic mass is 79.9. The first kappa shape index (κ1) is 16.0. The first-order valence-corrected chi connectivity index (χ1v) is 7.78. The molecule has 112 valence electrons. The summed E-state index contributed by atoms with van der Waals surface area (Å²) in [5.74, 6) is 0.569. The quantitative estimate of drug-likeness (QED) is 0.815. The molecule has 2 aromatic rings. The van der Waals surface area contributed by atoms with Crippen molar-refractivity contribution in [2.75, 3.05) is 13.7 Å². The summed E-state index contributed by atoms with van der Waals surface area (Å²) in [6.45, 7) is 2.99. The topological polar surface area (TPSA) is 21.3 Å². The molecule has 0 aliphatic rings. The van der Waals surface area contributed by atoms with Crippen LogP contribution in [-0.2, 0) is 0 Å². The number of nitrogens with one attached hydrogen (secondary N) is 1. The van der Waals surface area contributed by atoms with Gasteiger partial charge in [-0.25, -0.2) is 4.39 Å². The first-order chi connectivity index (χ1) is 10.2. The number of para-hydroxylation sites is 1. The molecular weight excluding hydrogens is 333 g/mol. The zero-order valence-electron chi connectivity index (χ0n) is 12.2. The van der Waals surface area contributed by atoms with Crippen LogP contribution in [0.15, 0.2) is 46.9 Å². The maximum atomic E-state index is 13.5. The van der Waals surface area contributed by atoms with Crippen molar-refractivity contribution in [1.29, 1.82) is 0 Å². The van der Waals surface area contributed by atoms with Gasteiger partial charge in [-0.2, -0.15) is 0 Å². The monoisotopic (exact) mass is 351 g/mol. The molecule has 0 saturated carbocycles. The Labute approximate surface area is 133 Å². The Hall–Kier alpha value is -1.39. The summed E-state index contributed by atoms with van der Waals surface area (Å²) >= 11 is 3.26. The second kappa shape index (κ2) is 7.57. The molecule has 0 radical (unpaired) electrons. The van der Waals surface area contributed by atoms with Crippen LogP contribution in [0.4, 0.5) is 4.39 Å². The summed E-state index contributed by atoms with van der Waals surface area (Å²) in [5.41, 5.74) is 2.05. The van der Waals surface area contributed by atoms with Gasteiger partial charge in [-0.05, 0) is 52.7 Å². The van der Waals surface area contributed by atoms with Crippen molar-refractivity contribution in [3.05, 3.63) is 63.9 Å². The normalized spacial score (nSPS) is 12.2. The van der Waals surface area contributed by atoms with Crippen LogP contribution in [0.25, 0.3) is 0 Å². The lowest BCUT2D eigenvalue weighted by atomic mass is 9.97. The number of hydrogen-bond donors (Lipinski definition) is 1. The van der Waals surface area contributed by atoms with E-state index in [9.17, 15) is 4.39 Å². The van der Waals surface area contributed by atoms with Gasteiger partial charge in [0.2, 0.25) is 0 Å². The highest BCUT2D eigenvalue weighted by Crippen LogP contribution is 2.31. The molecule has 2 aromatic carbocycles. The predicted molar refractivity (Wildman–Crippen MR) is 87.2 cm³/mol. The summed E-state index contributed by atoms with van der Waals surface area (Å²) in [6.07, 6.45) is 1.02. The van der Waals surface area contributed by atoms with Gasteiger partial charge in [0.15, 0.2) is 0 Å². The van der Waals surface area contributed by atoms with Gasteiger partial charge in [-0.1, -0.05) is 31.2 Å². The van der Waals surface area contributed by atoms with E-state index < -0.39 is 0 Å². The van der Waals surface area contributed by atoms with E-state index in [-0.39, 0.29) is 11.9 Å². The van der Waals surface area contributed by atoms with Crippen LogP contribution >= 0.6 is 15.9 Å². The van der Waals surface area contributed by atoms with Crippen LogP contribution in [-0.4, -0.2) is 13.7 Å². The van der Waals surface area contributed by atoms with E-state index >= 15 is 0 Å². The smallest absolute Gasteiger partial charge is 0.137 e. The molecule has 2 rings (SSSR count). The minimum Gasteiger partial charge on any atom is -0.496 e. The van der Waals surface area contributed by atoms with E-state index in [1.165, 1.54) is 6.07 Å². The van der Waals surface area contributed by atoms with Crippen LogP contribution in [0.1, 0.15) is 30.5 Å². The summed E-state index contributed by atoms with van der Waals surface area (Å²) in [4.78, 5) is 0. The molecule has 1 unspecified atom stereocenters. The number of rotatable bonds is 6. The molecule has 0 aromatic heterocycles. The van der Waals surface area contributed by atoms with Gasteiger partial charge in [0, 0.05) is 5.56 Å². The average Bonchev–Trinajstić information content (AvgIpc) is 2.51. The Morgan fingerprint density at radius 3 is 2.67 bits per heavy atom. The molecule has 0 aliphatic carbocycles. The third-order valence-corrected chi connectivity index (χ3v) is 3.93. The number of halogens is 2. The number of hydrogen-bond acceptors (Lipinski definition) is 2. The Balaban J connectivity index is 2.44. The van der Waals surface area contributed by atoms with Crippen molar-refractivity contribution in [3.63, 3.8) is 0 Å². The minimum absolute atomic E-state index is 0.0296. The lowest BCUT2D eigenvalue weighted by Crippen LogP contribution is -2.23. The Bertz CT molecular complexity index is 603. The predicted octanol–water partition coefficient (Wildman–Crippen LogP) is 4.69. The summed E-state index contributed by atoms with van der Waals surface area (Å²) < 4.78 is 19.4. The summed E-state index contributed by atoms with van der Waals surface area (Å²) in [5, 5.41) is 3.50. The highest BCUT2D eigenvalue weighted by molar-refractivity contribution is 9.10. The maximum absolute atomic E-state index is 13.5. The van der Waals surface area contributed by atoms with Crippen LogP contribution in [0.3, 0.4) is 0 Å². The molecule has 0 fully saturated rings. The van der Waals surface area contributed by atoms with Crippen LogP contribution in [0.2, 0.25) is 0 Å². The van der Waals surface area contributed by atoms with Gasteiger partial charge in [0.25, 0.3) is 0 Å². The second-order valence-electron chi connectivity index (χ2n) is 4.80. The minimum atomic E-state index is -0.256. The molecule has 0 heterocycles. The first-order valence-electron chi connectivity index (χ1n) is 6.98. The van der Waals surface area contributed by atoms with Crippen molar-refractivity contribution in [2.45, 2.75) is 19.4 Å². The van der Waals surface area contributed by atoms with Crippen LogP contribution in [0, 0.1) is 5.82 Å². The Morgan fingerprint density at radius 2 is 2.00 bits per heavy atom. The molecule has 21 heavy (non-hydrogen) atoms.